The second-order valence-corrected chi connectivity index (χ2v) is 12.2. The average molecular weight is 383 g/mol. The predicted octanol–water partition coefficient (Wildman–Crippen LogP) is 7.27. The molecule has 0 fully saturated rings. The zero-order valence-corrected chi connectivity index (χ0v) is 18.0. The first-order valence-corrected chi connectivity index (χ1v) is 14.6. The monoisotopic (exact) mass is 381 g/mol. The van der Waals surface area contributed by atoms with Gasteiger partial charge in [-0.2, -0.15) is 22.2 Å². The lowest BCUT2D eigenvalue weighted by molar-refractivity contribution is 0.527. The molecule has 0 saturated heterocycles. The zero-order valence-electron chi connectivity index (χ0n) is 15.3. The third-order valence-electron chi connectivity index (χ3n) is 4.63. The summed E-state index contributed by atoms with van der Waals surface area (Å²) < 4.78 is 0. The van der Waals surface area contributed by atoms with Crippen LogP contribution in [-0.2, 0) is 0 Å². The Morgan fingerprint density at radius 2 is 0.696 bits per heavy atom. The van der Waals surface area contributed by atoms with E-state index in [1.54, 1.807) is 0 Å². The fourth-order valence-corrected chi connectivity index (χ4v) is 4.62. The van der Waals surface area contributed by atoms with Crippen LogP contribution in [0, 0.1) is 0 Å². The van der Waals surface area contributed by atoms with Crippen molar-refractivity contribution in [2.75, 3.05) is 6.54 Å². The number of rotatable bonds is 19. The summed E-state index contributed by atoms with van der Waals surface area (Å²) in [6, 6.07) is 1.09. The van der Waals surface area contributed by atoms with Gasteiger partial charge in [0.25, 0.3) is 0 Å². The molecule has 0 radical (unpaired) electrons. The van der Waals surface area contributed by atoms with Crippen LogP contribution in [0.2, 0.25) is 6.04 Å². The minimum absolute atomic E-state index is 0.865. The predicted molar refractivity (Wildman–Crippen MR) is 111 cm³/mol. The smallest absolute Gasteiger partial charge is 0.237 e. The summed E-state index contributed by atoms with van der Waals surface area (Å²) in [7, 11) is -1.33. The maximum atomic E-state index is 5.85. The summed E-state index contributed by atoms with van der Waals surface area (Å²) in [6.45, 7) is 0.865. The van der Waals surface area contributed by atoms with E-state index in [0.717, 1.165) is 12.6 Å². The van der Waals surface area contributed by atoms with E-state index in [0.29, 0.717) is 0 Å². The molecule has 0 aromatic rings. The van der Waals surface area contributed by atoms with Gasteiger partial charge in [-0.05, 0) is 19.0 Å². The van der Waals surface area contributed by atoms with Crippen molar-refractivity contribution in [3.8, 4) is 0 Å². The van der Waals surface area contributed by atoms with Crippen LogP contribution in [0.4, 0.5) is 0 Å². The number of hydrogen-bond donors (Lipinski definition) is 1. The summed E-state index contributed by atoms with van der Waals surface area (Å²) in [5, 5.41) is 0. The van der Waals surface area contributed by atoms with Crippen LogP contribution in [0.15, 0.2) is 0 Å². The van der Waals surface area contributed by atoms with Crippen molar-refractivity contribution in [1.82, 2.24) is 0 Å². The first-order chi connectivity index (χ1) is 11.3. The molecule has 0 spiro atoms. The molecule has 0 atom stereocenters. The van der Waals surface area contributed by atoms with Crippen LogP contribution in [0.5, 0.6) is 0 Å². The highest BCUT2D eigenvalue weighted by molar-refractivity contribution is 7.33. The van der Waals surface area contributed by atoms with Gasteiger partial charge in [-0.15, -0.1) is 0 Å². The van der Waals surface area contributed by atoms with E-state index in [9.17, 15) is 0 Å². The van der Waals surface area contributed by atoms with Gasteiger partial charge >= 0.3 is 0 Å². The fraction of sp³-hybridized carbons (Fsp3) is 1.00. The van der Waals surface area contributed by atoms with Crippen molar-refractivity contribution in [3.05, 3.63) is 0 Å². The summed E-state index contributed by atoms with van der Waals surface area (Å²) in [4.78, 5) is 0. The molecule has 0 saturated carbocycles. The normalized spacial score (nSPS) is 11.5. The number of hydrogen-bond acceptors (Lipinski definition) is 1. The Labute approximate surface area is 157 Å². The summed E-state index contributed by atoms with van der Waals surface area (Å²) >= 11 is 11.7. The van der Waals surface area contributed by atoms with E-state index in [-0.39, 0.29) is 0 Å². The standard InChI is InChI=1S/C19H41Cl2NSi/c20-23(21)19-17-15-13-11-9-7-5-3-1-2-4-6-8-10-12-14-16-18-22/h23H,1-19,22H2. The van der Waals surface area contributed by atoms with Crippen LogP contribution < -0.4 is 5.73 Å². The lowest BCUT2D eigenvalue weighted by Gasteiger charge is -2.04. The molecule has 0 heterocycles. The second-order valence-electron chi connectivity index (χ2n) is 6.98. The summed E-state index contributed by atoms with van der Waals surface area (Å²) in [5.41, 5.74) is 5.50. The van der Waals surface area contributed by atoms with Crippen LogP contribution in [-0.4, -0.2) is 14.0 Å². The molecule has 0 rings (SSSR count). The van der Waals surface area contributed by atoms with E-state index >= 15 is 0 Å². The van der Waals surface area contributed by atoms with Gasteiger partial charge < -0.3 is 5.73 Å². The molecular weight excluding hydrogens is 341 g/mol. The van der Waals surface area contributed by atoms with E-state index in [4.69, 9.17) is 27.9 Å². The number of unbranched alkanes of at least 4 members (excludes halogenated alkanes) is 16. The Hall–Kier alpha value is 0.757. The van der Waals surface area contributed by atoms with E-state index in [1.807, 2.05) is 0 Å². The Kier molecular flexibility index (Phi) is 21.5. The molecular formula is C19H41Cl2NSi. The van der Waals surface area contributed by atoms with Crippen LogP contribution in [0.3, 0.4) is 0 Å². The van der Waals surface area contributed by atoms with Crippen molar-refractivity contribution in [2.24, 2.45) is 5.73 Å². The van der Waals surface area contributed by atoms with Gasteiger partial charge in [0.1, 0.15) is 0 Å². The number of nitrogens with two attached hydrogens (primary N) is 1. The van der Waals surface area contributed by atoms with Gasteiger partial charge in [-0.3, -0.25) is 0 Å². The van der Waals surface area contributed by atoms with Gasteiger partial charge in [0.15, 0.2) is 0 Å². The average Bonchev–Trinajstić information content (AvgIpc) is 2.53. The topological polar surface area (TPSA) is 26.0 Å². The molecule has 0 aromatic carbocycles. The van der Waals surface area contributed by atoms with Gasteiger partial charge in [0.05, 0.1) is 0 Å². The van der Waals surface area contributed by atoms with Crippen molar-refractivity contribution in [2.45, 2.75) is 115 Å². The third-order valence-corrected chi connectivity index (χ3v) is 6.78. The van der Waals surface area contributed by atoms with Gasteiger partial charge in [0, 0.05) is 0 Å². The highest BCUT2D eigenvalue weighted by Crippen LogP contribution is 2.15. The summed E-state index contributed by atoms with van der Waals surface area (Å²) in [5.74, 6) is 0. The second kappa shape index (κ2) is 20.8. The quantitative estimate of drug-likeness (QED) is 0.142. The van der Waals surface area contributed by atoms with Crippen molar-refractivity contribution in [3.63, 3.8) is 0 Å². The Morgan fingerprint density at radius 3 is 0.957 bits per heavy atom. The highest BCUT2D eigenvalue weighted by atomic mass is 35.7. The molecule has 23 heavy (non-hydrogen) atoms. The van der Waals surface area contributed by atoms with E-state index < -0.39 is 7.42 Å². The molecule has 0 aliphatic heterocycles. The maximum Gasteiger partial charge on any atom is 0.237 e. The first-order valence-electron chi connectivity index (χ1n) is 10.3. The SMILES string of the molecule is NCCCCCCCCCCCCCCCCCCC[SiH](Cl)Cl. The fourth-order valence-electron chi connectivity index (χ4n) is 3.09. The zero-order chi connectivity index (χ0) is 17.0. The maximum absolute atomic E-state index is 5.85. The van der Waals surface area contributed by atoms with Crippen molar-refractivity contribution >= 4 is 29.6 Å². The van der Waals surface area contributed by atoms with Gasteiger partial charge in [-0.1, -0.05) is 103 Å². The largest absolute Gasteiger partial charge is 0.330 e. The Balaban J connectivity index is 2.95. The van der Waals surface area contributed by atoms with Crippen molar-refractivity contribution < 1.29 is 0 Å². The van der Waals surface area contributed by atoms with Crippen LogP contribution in [0.1, 0.15) is 109 Å². The van der Waals surface area contributed by atoms with Gasteiger partial charge in [0.2, 0.25) is 7.42 Å². The molecule has 0 aliphatic rings. The van der Waals surface area contributed by atoms with Crippen LogP contribution >= 0.6 is 22.2 Å². The summed E-state index contributed by atoms with van der Waals surface area (Å²) in [6.07, 6.45) is 23.7. The van der Waals surface area contributed by atoms with E-state index in [2.05, 4.69) is 0 Å². The first kappa shape index (κ1) is 23.8. The lowest BCUT2D eigenvalue weighted by atomic mass is 10.0. The van der Waals surface area contributed by atoms with Crippen LogP contribution in [0.25, 0.3) is 0 Å². The molecule has 0 aliphatic carbocycles. The molecule has 2 N–H and O–H groups in total. The molecule has 140 valence electrons. The lowest BCUT2D eigenvalue weighted by Crippen LogP contribution is -1.97. The third kappa shape index (κ3) is 22.8. The molecule has 0 unspecified atom stereocenters. The Morgan fingerprint density at radius 1 is 0.435 bits per heavy atom. The molecule has 4 heteroatoms. The molecule has 0 amide bonds. The molecule has 1 nitrogen and oxygen atoms in total. The Bertz CT molecular complexity index is 216. The van der Waals surface area contributed by atoms with E-state index in [1.165, 1.54) is 109 Å². The molecule has 0 bridgehead atoms. The van der Waals surface area contributed by atoms with Crippen molar-refractivity contribution in [1.29, 1.82) is 0 Å². The minimum atomic E-state index is -1.33. The van der Waals surface area contributed by atoms with Gasteiger partial charge in [-0.25, -0.2) is 0 Å². The molecule has 0 aromatic heterocycles. The minimum Gasteiger partial charge on any atom is -0.330 e. The highest BCUT2D eigenvalue weighted by Gasteiger charge is 2.00. The number of halogens is 2.